The molecule has 1 aromatic heterocycles. The molecule has 3 rings (SSSR count). The van der Waals surface area contributed by atoms with Gasteiger partial charge in [0.2, 0.25) is 11.8 Å². The molecule has 0 aliphatic rings. The Bertz CT molecular complexity index is 1420. The lowest BCUT2D eigenvalue weighted by Crippen LogP contribution is -2.52. The Hall–Kier alpha value is -3.85. The van der Waals surface area contributed by atoms with Crippen LogP contribution in [0.15, 0.2) is 54.6 Å². The van der Waals surface area contributed by atoms with Crippen molar-refractivity contribution >= 4 is 46.2 Å². The maximum atomic E-state index is 14.1. The number of nitrogens with one attached hydrogen (secondary N) is 1. The number of carbonyl (C=O) groups is 4. The molecule has 0 aliphatic heterocycles. The standard InChI is InChI=1S/C34H45ClN4O5/c1-4-6-7-8-16-26(22-31(36)40)38(5-2)34(43)28(18-13-20-32(41)44-3)37-33(42)30-21-24-14-10-12-19-29(24)39(30)23-25-15-9-11-17-27(25)35/h9-12,14-15,17,19,21,26,28H,4-8,13,16,18,20,22-23H2,1-3H3,(H2,36,40)(H,37,42)/t26-,28-/m0/s1. The number of para-hydroxylation sites is 1. The fourth-order valence-corrected chi connectivity index (χ4v) is 5.80. The number of unbranched alkanes of at least 4 members (excludes halogenated alkanes) is 3. The van der Waals surface area contributed by atoms with Crippen molar-refractivity contribution in [2.24, 2.45) is 5.73 Å². The Morgan fingerprint density at radius 3 is 2.39 bits per heavy atom. The number of amides is 3. The molecular formula is C34H45ClN4O5. The van der Waals surface area contributed by atoms with E-state index in [-0.39, 0.29) is 31.2 Å². The van der Waals surface area contributed by atoms with E-state index in [4.69, 9.17) is 22.1 Å². The van der Waals surface area contributed by atoms with Gasteiger partial charge in [-0.25, -0.2) is 0 Å². The number of benzene rings is 2. The van der Waals surface area contributed by atoms with Crippen LogP contribution in [-0.4, -0.2) is 58.9 Å². The second-order valence-corrected chi connectivity index (χ2v) is 11.5. The number of halogens is 1. The molecule has 0 spiro atoms. The molecule has 2 aromatic carbocycles. The van der Waals surface area contributed by atoms with E-state index in [0.717, 1.165) is 42.1 Å². The Labute approximate surface area is 265 Å². The van der Waals surface area contributed by atoms with Gasteiger partial charge >= 0.3 is 5.97 Å². The zero-order chi connectivity index (χ0) is 32.1. The number of nitrogens with zero attached hydrogens (tertiary/aromatic N) is 2. The summed E-state index contributed by atoms with van der Waals surface area (Å²) in [6, 6.07) is 15.6. The molecule has 10 heteroatoms. The van der Waals surface area contributed by atoms with Gasteiger partial charge in [-0.2, -0.15) is 0 Å². The van der Waals surface area contributed by atoms with Gasteiger partial charge < -0.3 is 25.3 Å². The van der Waals surface area contributed by atoms with Gasteiger partial charge in [0.1, 0.15) is 11.7 Å². The lowest BCUT2D eigenvalue weighted by Gasteiger charge is -2.34. The summed E-state index contributed by atoms with van der Waals surface area (Å²) in [5.41, 5.74) is 7.69. The van der Waals surface area contributed by atoms with Gasteiger partial charge in [0.05, 0.1) is 7.11 Å². The van der Waals surface area contributed by atoms with E-state index < -0.39 is 23.8 Å². The highest BCUT2D eigenvalue weighted by Crippen LogP contribution is 2.25. The van der Waals surface area contributed by atoms with Crippen molar-refractivity contribution in [3.63, 3.8) is 0 Å². The van der Waals surface area contributed by atoms with Gasteiger partial charge in [-0.3, -0.25) is 19.2 Å². The van der Waals surface area contributed by atoms with Crippen LogP contribution in [0.2, 0.25) is 5.02 Å². The van der Waals surface area contributed by atoms with Crippen molar-refractivity contribution in [1.29, 1.82) is 0 Å². The molecule has 0 saturated heterocycles. The third-order valence-corrected chi connectivity index (χ3v) is 8.30. The van der Waals surface area contributed by atoms with Gasteiger partial charge in [-0.15, -0.1) is 0 Å². The number of esters is 1. The first-order chi connectivity index (χ1) is 21.2. The highest BCUT2D eigenvalue weighted by molar-refractivity contribution is 6.31. The highest BCUT2D eigenvalue weighted by atomic mass is 35.5. The van der Waals surface area contributed by atoms with Gasteiger partial charge in [-0.1, -0.05) is 80.6 Å². The monoisotopic (exact) mass is 624 g/mol. The lowest BCUT2D eigenvalue weighted by molar-refractivity contribution is -0.141. The minimum atomic E-state index is -0.926. The van der Waals surface area contributed by atoms with Crippen molar-refractivity contribution in [2.75, 3.05) is 13.7 Å². The summed E-state index contributed by atoms with van der Waals surface area (Å²) in [5.74, 6) is -1.60. The molecule has 0 unspecified atom stereocenters. The smallest absolute Gasteiger partial charge is 0.305 e. The van der Waals surface area contributed by atoms with Gasteiger partial charge in [-0.05, 0) is 49.9 Å². The van der Waals surface area contributed by atoms with E-state index in [9.17, 15) is 19.2 Å². The fraction of sp³-hybridized carbons (Fsp3) is 0.471. The zero-order valence-corrected chi connectivity index (χ0v) is 26.8. The predicted molar refractivity (Wildman–Crippen MR) is 173 cm³/mol. The fourth-order valence-electron chi connectivity index (χ4n) is 5.61. The SMILES string of the molecule is CCCCCC[C@@H](CC(N)=O)N(CC)C(=O)[C@H](CCCC(=O)OC)NC(=O)c1cc2ccccc2n1Cc1ccccc1Cl. The van der Waals surface area contributed by atoms with Gasteiger partial charge in [0, 0.05) is 47.9 Å². The second-order valence-electron chi connectivity index (χ2n) is 11.1. The van der Waals surface area contributed by atoms with Crippen LogP contribution < -0.4 is 11.1 Å². The molecule has 0 aliphatic carbocycles. The number of carbonyl (C=O) groups excluding carboxylic acids is 4. The quantitative estimate of drug-likeness (QED) is 0.136. The number of rotatable bonds is 18. The minimum Gasteiger partial charge on any atom is -0.469 e. The van der Waals surface area contributed by atoms with Gasteiger partial charge in [0.15, 0.2) is 0 Å². The largest absolute Gasteiger partial charge is 0.469 e. The molecule has 0 fully saturated rings. The van der Waals surface area contributed by atoms with Crippen LogP contribution in [0.1, 0.15) is 87.7 Å². The van der Waals surface area contributed by atoms with Crippen molar-refractivity contribution < 1.29 is 23.9 Å². The van der Waals surface area contributed by atoms with Crippen LogP contribution >= 0.6 is 11.6 Å². The average Bonchev–Trinajstić information content (AvgIpc) is 3.38. The molecule has 2 atom stereocenters. The molecular weight excluding hydrogens is 580 g/mol. The van der Waals surface area contributed by atoms with Crippen LogP contribution in [0.5, 0.6) is 0 Å². The normalized spacial score (nSPS) is 12.5. The maximum absolute atomic E-state index is 14.1. The molecule has 0 bridgehead atoms. The van der Waals surface area contributed by atoms with Crippen LogP contribution in [0, 0.1) is 0 Å². The number of hydrogen-bond acceptors (Lipinski definition) is 5. The van der Waals surface area contributed by atoms with E-state index >= 15 is 0 Å². The molecule has 9 nitrogen and oxygen atoms in total. The first-order valence-electron chi connectivity index (χ1n) is 15.5. The van der Waals surface area contributed by atoms with Gasteiger partial charge in [0.25, 0.3) is 5.91 Å². The molecule has 3 N–H and O–H groups in total. The highest BCUT2D eigenvalue weighted by Gasteiger charge is 2.31. The van der Waals surface area contributed by atoms with Crippen LogP contribution in [-0.2, 0) is 25.7 Å². The second kappa shape index (κ2) is 17.4. The first kappa shape index (κ1) is 34.6. The van der Waals surface area contributed by atoms with E-state index in [1.807, 2.05) is 60.0 Å². The van der Waals surface area contributed by atoms with Crippen LogP contribution in [0.25, 0.3) is 10.9 Å². The molecule has 44 heavy (non-hydrogen) atoms. The summed E-state index contributed by atoms with van der Waals surface area (Å²) in [5, 5.41) is 4.44. The lowest BCUT2D eigenvalue weighted by atomic mass is 10.00. The third-order valence-electron chi connectivity index (χ3n) is 7.93. The summed E-state index contributed by atoms with van der Waals surface area (Å²) in [6.45, 7) is 4.68. The number of ether oxygens (including phenoxy) is 1. The number of likely N-dealkylation sites (N-methyl/N-ethyl adjacent to an activating group) is 1. The molecule has 3 aromatic rings. The summed E-state index contributed by atoms with van der Waals surface area (Å²) < 4.78 is 6.68. The summed E-state index contributed by atoms with van der Waals surface area (Å²) in [6.07, 6.45) is 5.33. The minimum absolute atomic E-state index is 0.0423. The third kappa shape index (κ3) is 9.58. The van der Waals surface area contributed by atoms with Crippen molar-refractivity contribution in [1.82, 2.24) is 14.8 Å². The summed E-state index contributed by atoms with van der Waals surface area (Å²) >= 11 is 6.48. The van der Waals surface area contributed by atoms with Crippen LogP contribution in [0.3, 0.4) is 0 Å². The summed E-state index contributed by atoms with van der Waals surface area (Å²) in [7, 11) is 1.32. The Kier molecular flexibility index (Phi) is 13.7. The van der Waals surface area contributed by atoms with E-state index in [0.29, 0.717) is 36.6 Å². The average molecular weight is 625 g/mol. The Balaban J connectivity index is 1.93. The molecule has 0 radical (unpaired) electrons. The topological polar surface area (TPSA) is 124 Å². The maximum Gasteiger partial charge on any atom is 0.305 e. The Morgan fingerprint density at radius 2 is 1.70 bits per heavy atom. The number of hydrogen-bond donors (Lipinski definition) is 2. The van der Waals surface area contributed by atoms with E-state index in [2.05, 4.69) is 12.2 Å². The number of methoxy groups -OCH3 is 1. The van der Waals surface area contributed by atoms with Crippen molar-refractivity contribution in [3.05, 3.63) is 70.9 Å². The number of nitrogens with two attached hydrogens (primary N) is 1. The van der Waals surface area contributed by atoms with Crippen molar-refractivity contribution in [3.8, 4) is 0 Å². The summed E-state index contributed by atoms with van der Waals surface area (Å²) in [4.78, 5) is 53.6. The molecule has 238 valence electrons. The Morgan fingerprint density at radius 1 is 0.977 bits per heavy atom. The van der Waals surface area contributed by atoms with E-state index in [1.54, 1.807) is 11.0 Å². The first-order valence-corrected chi connectivity index (χ1v) is 15.9. The van der Waals surface area contributed by atoms with Crippen molar-refractivity contribution in [2.45, 2.75) is 90.3 Å². The molecule has 3 amide bonds. The number of fused-ring (bicyclic) bond motifs is 1. The zero-order valence-electron chi connectivity index (χ0n) is 26.0. The molecule has 0 saturated carbocycles. The molecule has 1 heterocycles. The predicted octanol–water partition coefficient (Wildman–Crippen LogP) is 5.85. The van der Waals surface area contributed by atoms with Crippen LogP contribution in [0.4, 0.5) is 0 Å². The number of primary amides is 1. The van der Waals surface area contributed by atoms with E-state index in [1.165, 1.54) is 7.11 Å². The number of aromatic nitrogens is 1.